The van der Waals surface area contributed by atoms with Gasteiger partial charge >= 0.3 is 11.9 Å². The standard InChI is InChI=1S/C7H12O4/c1-3-6(7(9)10)4-11-5(2)8/h6H,3-4H2,1-2H3,(H,9,10)/t6-/m0/s1. The van der Waals surface area contributed by atoms with Crippen LogP contribution in [0.4, 0.5) is 0 Å². The Bertz CT molecular complexity index is 153. The summed E-state index contributed by atoms with van der Waals surface area (Å²) in [7, 11) is 0. The van der Waals surface area contributed by atoms with Crippen LogP contribution in [0.5, 0.6) is 0 Å². The molecule has 0 saturated carbocycles. The Morgan fingerprint density at radius 1 is 1.55 bits per heavy atom. The van der Waals surface area contributed by atoms with Gasteiger partial charge < -0.3 is 9.84 Å². The quantitative estimate of drug-likeness (QED) is 0.613. The second-order valence-electron chi connectivity index (χ2n) is 2.25. The van der Waals surface area contributed by atoms with Crippen LogP contribution < -0.4 is 0 Å². The number of esters is 1. The maximum atomic E-state index is 10.4. The first kappa shape index (κ1) is 9.94. The highest BCUT2D eigenvalue weighted by Crippen LogP contribution is 2.02. The lowest BCUT2D eigenvalue weighted by Gasteiger charge is -2.08. The summed E-state index contributed by atoms with van der Waals surface area (Å²) in [6.07, 6.45) is 0.475. The topological polar surface area (TPSA) is 63.6 Å². The van der Waals surface area contributed by atoms with Crippen LogP contribution in [-0.2, 0) is 14.3 Å². The third kappa shape index (κ3) is 4.36. The predicted molar refractivity (Wildman–Crippen MR) is 38.0 cm³/mol. The molecule has 0 amide bonds. The number of rotatable bonds is 4. The zero-order chi connectivity index (χ0) is 8.85. The summed E-state index contributed by atoms with van der Waals surface area (Å²) >= 11 is 0. The number of carboxylic acids is 1. The number of ether oxygens (including phenoxy) is 1. The van der Waals surface area contributed by atoms with Crippen LogP contribution >= 0.6 is 0 Å². The van der Waals surface area contributed by atoms with E-state index in [4.69, 9.17) is 5.11 Å². The molecule has 4 nitrogen and oxygen atoms in total. The van der Waals surface area contributed by atoms with Crippen LogP contribution in [0.2, 0.25) is 0 Å². The van der Waals surface area contributed by atoms with E-state index in [-0.39, 0.29) is 6.61 Å². The number of hydrogen-bond donors (Lipinski definition) is 1. The van der Waals surface area contributed by atoms with E-state index < -0.39 is 17.9 Å². The number of aliphatic carboxylic acids is 1. The summed E-state index contributed by atoms with van der Waals surface area (Å²) < 4.78 is 4.54. The molecule has 0 aliphatic carbocycles. The van der Waals surface area contributed by atoms with Gasteiger partial charge in [-0.2, -0.15) is 0 Å². The second-order valence-corrected chi connectivity index (χ2v) is 2.25. The van der Waals surface area contributed by atoms with Gasteiger partial charge in [-0.1, -0.05) is 6.92 Å². The van der Waals surface area contributed by atoms with Gasteiger partial charge in [0, 0.05) is 6.92 Å². The van der Waals surface area contributed by atoms with Gasteiger partial charge in [0.2, 0.25) is 0 Å². The fourth-order valence-electron chi connectivity index (χ4n) is 0.582. The Morgan fingerprint density at radius 2 is 2.09 bits per heavy atom. The average molecular weight is 160 g/mol. The molecule has 0 aromatic carbocycles. The lowest BCUT2D eigenvalue weighted by Crippen LogP contribution is -2.20. The molecule has 0 spiro atoms. The van der Waals surface area contributed by atoms with Crippen LogP contribution in [0.3, 0.4) is 0 Å². The Balaban J connectivity index is 3.70. The fraction of sp³-hybridized carbons (Fsp3) is 0.714. The molecule has 1 atom stereocenters. The summed E-state index contributed by atoms with van der Waals surface area (Å²) in [5.41, 5.74) is 0. The molecule has 0 rings (SSSR count). The molecule has 0 aliphatic heterocycles. The van der Waals surface area contributed by atoms with Gasteiger partial charge in [0.1, 0.15) is 6.61 Å². The largest absolute Gasteiger partial charge is 0.481 e. The second kappa shape index (κ2) is 4.71. The van der Waals surface area contributed by atoms with E-state index >= 15 is 0 Å². The van der Waals surface area contributed by atoms with Gasteiger partial charge in [0.05, 0.1) is 5.92 Å². The smallest absolute Gasteiger partial charge is 0.309 e. The van der Waals surface area contributed by atoms with Crippen LogP contribution in [0.15, 0.2) is 0 Å². The van der Waals surface area contributed by atoms with Crippen molar-refractivity contribution in [1.82, 2.24) is 0 Å². The van der Waals surface area contributed by atoms with E-state index in [1.807, 2.05) is 0 Å². The maximum absolute atomic E-state index is 10.4. The first-order chi connectivity index (χ1) is 5.07. The molecule has 0 heterocycles. The first-order valence-electron chi connectivity index (χ1n) is 3.44. The van der Waals surface area contributed by atoms with Crippen LogP contribution in [0.1, 0.15) is 20.3 Å². The molecule has 0 saturated heterocycles. The average Bonchev–Trinajstić information content (AvgIpc) is 1.87. The van der Waals surface area contributed by atoms with Crippen molar-refractivity contribution in [2.24, 2.45) is 5.92 Å². The van der Waals surface area contributed by atoms with Gasteiger partial charge in [-0.3, -0.25) is 9.59 Å². The monoisotopic (exact) mass is 160 g/mol. The minimum Gasteiger partial charge on any atom is -0.481 e. The Kier molecular flexibility index (Phi) is 4.26. The molecule has 0 unspecified atom stereocenters. The van der Waals surface area contributed by atoms with Crippen LogP contribution in [0.25, 0.3) is 0 Å². The van der Waals surface area contributed by atoms with E-state index in [1.165, 1.54) is 6.92 Å². The number of carbonyl (C=O) groups excluding carboxylic acids is 1. The van der Waals surface area contributed by atoms with Crippen molar-refractivity contribution in [2.75, 3.05) is 6.61 Å². The zero-order valence-corrected chi connectivity index (χ0v) is 6.66. The molecular formula is C7H12O4. The van der Waals surface area contributed by atoms with Crippen molar-refractivity contribution >= 4 is 11.9 Å². The molecule has 0 radical (unpaired) electrons. The molecule has 11 heavy (non-hydrogen) atoms. The minimum atomic E-state index is -0.922. The van der Waals surface area contributed by atoms with Gasteiger partial charge in [0.25, 0.3) is 0 Å². The minimum absolute atomic E-state index is 0.0266. The van der Waals surface area contributed by atoms with Crippen molar-refractivity contribution in [3.63, 3.8) is 0 Å². The number of carbonyl (C=O) groups is 2. The Labute approximate surface area is 65.2 Å². The third-order valence-electron chi connectivity index (χ3n) is 1.33. The molecule has 0 aliphatic rings. The van der Waals surface area contributed by atoms with E-state index in [1.54, 1.807) is 6.92 Å². The van der Waals surface area contributed by atoms with Crippen molar-refractivity contribution < 1.29 is 19.4 Å². The number of hydrogen-bond acceptors (Lipinski definition) is 3. The lowest BCUT2D eigenvalue weighted by atomic mass is 10.1. The van der Waals surface area contributed by atoms with E-state index in [9.17, 15) is 9.59 Å². The zero-order valence-electron chi connectivity index (χ0n) is 6.66. The van der Waals surface area contributed by atoms with Gasteiger partial charge in [-0.25, -0.2) is 0 Å². The first-order valence-corrected chi connectivity index (χ1v) is 3.44. The molecular weight excluding hydrogens is 148 g/mol. The van der Waals surface area contributed by atoms with Gasteiger partial charge in [-0.15, -0.1) is 0 Å². The molecule has 0 aromatic heterocycles. The van der Waals surface area contributed by atoms with E-state index in [2.05, 4.69) is 4.74 Å². The van der Waals surface area contributed by atoms with E-state index in [0.29, 0.717) is 6.42 Å². The highest BCUT2D eigenvalue weighted by Gasteiger charge is 2.15. The summed E-state index contributed by atoms with van der Waals surface area (Å²) in [6.45, 7) is 2.97. The lowest BCUT2D eigenvalue weighted by molar-refractivity contribution is -0.149. The van der Waals surface area contributed by atoms with Gasteiger partial charge in [0.15, 0.2) is 0 Å². The maximum Gasteiger partial charge on any atom is 0.309 e. The molecule has 4 heteroatoms. The highest BCUT2D eigenvalue weighted by molar-refractivity contribution is 5.71. The predicted octanol–water partition coefficient (Wildman–Crippen LogP) is 0.660. The highest BCUT2D eigenvalue weighted by atomic mass is 16.5. The molecule has 64 valence electrons. The van der Waals surface area contributed by atoms with Crippen LogP contribution in [-0.4, -0.2) is 23.7 Å². The fourth-order valence-corrected chi connectivity index (χ4v) is 0.582. The Hall–Kier alpha value is -1.06. The van der Waals surface area contributed by atoms with Crippen molar-refractivity contribution in [3.8, 4) is 0 Å². The summed E-state index contributed by atoms with van der Waals surface area (Å²) in [4.78, 5) is 20.6. The molecule has 0 aromatic rings. The third-order valence-corrected chi connectivity index (χ3v) is 1.33. The Morgan fingerprint density at radius 3 is 2.36 bits per heavy atom. The van der Waals surface area contributed by atoms with Crippen molar-refractivity contribution in [3.05, 3.63) is 0 Å². The van der Waals surface area contributed by atoms with Crippen molar-refractivity contribution in [1.29, 1.82) is 0 Å². The molecule has 0 fully saturated rings. The summed E-state index contributed by atoms with van der Waals surface area (Å²) in [5.74, 6) is -1.93. The van der Waals surface area contributed by atoms with Crippen molar-refractivity contribution in [2.45, 2.75) is 20.3 Å². The van der Waals surface area contributed by atoms with Gasteiger partial charge in [-0.05, 0) is 6.42 Å². The number of carboxylic acid groups (broad SMARTS) is 1. The summed E-state index contributed by atoms with van der Waals surface area (Å²) in [6, 6.07) is 0. The normalized spacial score (nSPS) is 12.2. The summed E-state index contributed by atoms with van der Waals surface area (Å²) in [5, 5.41) is 8.49. The van der Waals surface area contributed by atoms with Crippen LogP contribution in [0, 0.1) is 5.92 Å². The SMILES string of the molecule is CC[C@@H](COC(C)=O)C(=O)O. The van der Waals surface area contributed by atoms with E-state index in [0.717, 1.165) is 0 Å². The molecule has 0 bridgehead atoms. The molecule has 1 N–H and O–H groups in total.